The second kappa shape index (κ2) is 4.88. The molecule has 0 radical (unpaired) electrons. The van der Waals surface area contributed by atoms with E-state index in [0.29, 0.717) is 10.9 Å². The summed E-state index contributed by atoms with van der Waals surface area (Å²) in [5, 5.41) is 0.844. The van der Waals surface area contributed by atoms with Gasteiger partial charge >= 0.3 is 0 Å². The van der Waals surface area contributed by atoms with E-state index in [2.05, 4.69) is 9.97 Å². The largest absolute Gasteiger partial charge is 0.312 e. The van der Waals surface area contributed by atoms with Crippen molar-refractivity contribution in [1.82, 2.24) is 9.97 Å². The second-order valence-corrected chi connectivity index (χ2v) is 4.55. The first-order valence-electron chi connectivity index (χ1n) is 3.61. The number of rotatable bonds is 3. The average Bonchev–Trinajstić information content (AvgIpc) is 2.13. The molecule has 0 aliphatic rings. The number of halogens is 2. The maximum Gasteiger partial charge on any atom is 0.270 e. The van der Waals surface area contributed by atoms with Gasteiger partial charge in [0.2, 0.25) is 0 Å². The molecule has 0 saturated heterocycles. The Kier molecular flexibility index (Phi) is 4.09. The van der Waals surface area contributed by atoms with E-state index < -0.39 is 0 Å². The fraction of sp³-hybridized carbons (Fsp3) is 0.429. The molecule has 0 aromatic carbocycles. The van der Waals surface area contributed by atoms with Gasteiger partial charge in [-0.05, 0) is 0 Å². The molecule has 0 fully saturated rings. The minimum absolute atomic E-state index is 0.129. The van der Waals surface area contributed by atoms with Crippen molar-refractivity contribution in [2.24, 2.45) is 0 Å². The molecule has 0 spiro atoms. The van der Waals surface area contributed by atoms with E-state index in [1.54, 1.807) is 0 Å². The number of hydrogen-bond acceptors (Lipinski definition) is 3. The van der Waals surface area contributed by atoms with Crippen LogP contribution in [-0.4, -0.2) is 21.1 Å². The van der Waals surface area contributed by atoms with Gasteiger partial charge in [-0.25, -0.2) is 4.98 Å². The molecule has 1 N–H and O–H groups in total. The Morgan fingerprint density at radius 1 is 1.77 bits per heavy atom. The second-order valence-electron chi connectivity index (χ2n) is 2.43. The average molecular weight is 239 g/mol. The number of nitrogens with one attached hydrogen (secondary N) is 1. The lowest BCUT2D eigenvalue weighted by Crippen LogP contribution is -2.09. The van der Waals surface area contributed by atoms with Crippen LogP contribution in [0.4, 0.5) is 0 Å². The summed E-state index contributed by atoms with van der Waals surface area (Å²) < 4.78 is 0. The third kappa shape index (κ3) is 2.90. The van der Waals surface area contributed by atoms with Crippen LogP contribution in [0.25, 0.3) is 0 Å². The smallest absolute Gasteiger partial charge is 0.270 e. The van der Waals surface area contributed by atoms with Gasteiger partial charge in [0, 0.05) is 11.1 Å². The summed E-state index contributed by atoms with van der Waals surface area (Å²) in [5.41, 5.74) is -0.319. The molecule has 1 aromatic heterocycles. The van der Waals surface area contributed by atoms with Gasteiger partial charge in [0.25, 0.3) is 5.56 Å². The summed E-state index contributed by atoms with van der Waals surface area (Å²) in [6.45, 7) is 1.94. The zero-order valence-corrected chi connectivity index (χ0v) is 9.21. The van der Waals surface area contributed by atoms with Crippen LogP contribution in [0.15, 0.2) is 16.1 Å². The first-order chi connectivity index (χ1) is 6.15. The summed E-state index contributed by atoms with van der Waals surface area (Å²) in [6, 6.07) is 0. The van der Waals surface area contributed by atoms with E-state index >= 15 is 0 Å². The van der Waals surface area contributed by atoms with Crippen LogP contribution < -0.4 is 5.56 Å². The van der Waals surface area contributed by atoms with Gasteiger partial charge in [-0.2, -0.15) is 0 Å². The third-order valence-electron chi connectivity index (χ3n) is 1.29. The molecule has 72 valence electrons. The van der Waals surface area contributed by atoms with Crippen molar-refractivity contribution in [2.45, 2.75) is 17.2 Å². The lowest BCUT2D eigenvalue weighted by molar-refractivity contribution is 1.00. The minimum Gasteiger partial charge on any atom is -0.312 e. The highest BCUT2D eigenvalue weighted by atomic mass is 35.5. The van der Waals surface area contributed by atoms with Gasteiger partial charge in [0.05, 0.1) is 6.33 Å². The van der Waals surface area contributed by atoms with Crippen LogP contribution >= 0.6 is 35.0 Å². The normalized spacial score (nSPS) is 12.8. The maximum absolute atomic E-state index is 11.0. The van der Waals surface area contributed by atoms with E-state index in [-0.39, 0.29) is 15.8 Å². The molecule has 0 aliphatic heterocycles. The lowest BCUT2D eigenvalue weighted by atomic mass is 10.6. The molecule has 0 bridgehead atoms. The number of alkyl halides is 1. The molecule has 1 unspecified atom stereocenters. The Hall–Kier alpha value is -0.190. The van der Waals surface area contributed by atoms with Gasteiger partial charge in [0.15, 0.2) is 0 Å². The summed E-state index contributed by atoms with van der Waals surface area (Å²) in [7, 11) is 0. The van der Waals surface area contributed by atoms with Crippen LogP contribution in [0.1, 0.15) is 6.92 Å². The summed E-state index contributed by atoms with van der Waals surface area (Å²) in [5.74, 6) is 0.496. The molecule has 6 heteroatoms. The Morgan fingerprint density at radius 2 is 2.46 bits per heavy atom. The Bertz CT molecular complexity index is 342. The monoisotopic (exact) mass is 238 g/mol. The van der Waals surface area contributed by atoms with E-state index in [1.165, 1.54) is 18.1 Å². The van der Waals surface area contributed by atoms with Crippen molar-refractivity contribution >= 4 is 35.0 Å². The summed E-state index contributed by atoms with van der Waals surface area (Å²) in [4.78, 5) is 17.4. The third-order valence-corrected chi connectivity index (χ3v) is 3.51. The zero-order chi connectivity index (χ0) is 9.84. The van der Waals surface area contributed by atoms with Crippen LogP contribution in [-0.2, 0) is 0 Å². The number of aromatic amines is 1. The quantitative estimate of drug-likeness (QED) is 0.499. The molecule has 1 heterocycles. The van der Waals surface area contributed by atoms with Crippen LogP contribution in [0, 0.1) is 0 Å². The van der Waals surface area contributed by atoms with Crippen molar-refractivity contribution in [2.75, 3.05) is 5.88 Å². The minimum atomic E-state index is -0.319. The number of H-pyrrole nitrogens is 1. The van der Waals surface area contributed by atoms with Crippen molar-refractivity contribution in [3.63, 3.8) is 0 Å². The van der Waals surface area contributed by atoms with Gasteiger partial charge in [-0.1, -0.05) is 18.5 Å². The number of hydrogen-bond donors (Lipinski definition) is 1. The van der Waals surface area contributed by atoms with Crippen LogP contribution in [0.5, 0.6) is 0 Å². The first kappa shape index (κ1) is 10.9. The van der Waals surface area contributed by atoms with E-state index in [9.17, 15) is 4.79 Å². The molecule has 1 atom stereocenters. The van der Waals surface area contributed by atoms with E-state index in [4.69, 9.17) is 23.2 Å². The van der Waals surface area contributed by atoms with Gasteiger partial charge in [-0.15, -0.1) is 23.4 Å². The van der Waals surface area contributed by atoms with Crippen molar-refractivity contribution in [3.05, 3.63) is 21.7 Å². The molecular weight excluding hydrogens is 231 g/mol. The highest BCUT2D eigenvalue weighted by Crippen LogP contribution is 2.25. The Morgan fingerprint density at radius 3 is 3.08 bits per heavy atom. The molecule has 3 nitrogen and oxygen atoms in total. The standard InChI is InChI=1S/C7H8Cl2N2OS/c1-4(2-8)13-7-5(9)6(12)10-3-11-7/h3-4H,2H2,1H3,(H,10,11,12). The van der Waals surface area contributed by atoms with E-state index in [1.807, 2.05) is 6.92 Å². The molecule has 1 aromatic rings. The van der Waals surface area contributed by atoms with Crippen molar-refractivity contribution < 1.29 is 0 Å². The van der Waals surface area contributed by atoms with Gasteiger partial charge < -0.3 is 4.98 Å². The molecule has 0 saturated carbocycles. The maximum atomic E-state index is 11.0. The van der Waals surface area contributed by atoms with Crippen LogP contribution in [0.2, 0.25) is 5.02 Å². The SMILES string of the molecule is CC(CCl)Sc1nc[nH]c(=O)c1Cl. The van der Waals surface area contributed by atoms with Gasteiger partial charge in [-0.3, -0.25) is 4.79 Å². The Labute approximate surface area is 89.9 Å². The molecule has 13 heavy (non-hydrogen) atoms. The lowest BCUT2D eigenvalue weighted by Gasteiger charge is -2.06. The topological polar surface area (TPSA) is 45.8 Å². The Balaban J connectivity index is 2.89. The van der Waals surface area contributed by atoms with Gasteiger partial charge in [0.1, 0.15) is 10.0 Å². The summed E-state index contributed by atoms with van der Waals surface area (Å²) >= 11 is 12.7. The van der Waals surface area contributed by atoms with Crippen LogP contribution in [0.3, 0.4) is 0 Å². The highest BCUT2D eigenvalue weighted by molar-refractivity contribution is 8.00. The van der Waals surface area contributed by atoms with Crippen molar-refractivity contribution in [3.8, 4) is 0 Å². The molecule has 0 amide bonds. The van der Waals surface area contributed by atoms with Crippen molar-refractivity contribution in [1.29, 1.82) is 0 Å². The number of thioether (sulfide) groups is 1. The predicted molar refractivity (Wildman–Crippen MR) is 55.9 cm³/mol. The predicted octanol–water partition coefficient (Wildman–Crippen LogP) is 2.14. The molecule has 0 aliphatic carbocycles. The highest BCUT2D eigenvalue weighted by Gasteiger charge is 2.09. The zero-order valence-electron chi connectivity index (χ0n) is 6.88. The number of aromatic nitrogens is 2. The molecule has 1 rings (SSSR count). The fourth-order valence-electron chi connectivity index (χ4n) is 0.671. The molecular formula is C7H8Cl2N2OS. The summed E-state index contributed by atoms with van der Waals surface area (Å²) in [6.07, 6.45) is 1.33. The fourth-order valence-corrected chi connectivity index (χ4v) is 1.85. The van der Waals surface area contributed by atoms with E-state index in [0.717, 1.165) is 0 Å². The first-order valence-corrected chi connectivity index (χ1v) is 5.40. The number of nitrogens with zero attached hydrogens (tertiary/aromatic N) is 1.